The van der Waals surface area contributed by atoms with Gasteiger partial charge in [-0.2, -0.15) is 0 Å². The maximum absolute atomic E-state index is 12.6. The van der Waals surface area contributed by atoms with Gasteiger partial charge in [0.15, 0.2) is 0 Å². The van der Waals surface area contributed by atoms with Crippen LogP contribution in [0.5, 0.6) is 0 Å². The van der Waals surface area contributed by atoms with E-state index in [0.29, 0.717) is 17.9 Å². The lowest BCUT2D eigenvalue weighted by molar-refractivity contribution is -0.134. The van der Waals surface area contributed by atoms with Gasteiger partial charge < -0.3 is 10.2 Å². The van der Waals surface area contributed by atoms with Crippen LogP contribution in [0.4, 0.5) is 0 Å². The van der Waals surface area contributed by atoms with Crippen molar-refractivity contribution >= 4 is 5.91 Å². The van der Waals surface area contributed by atoms with Gasteiger partial charge in [0, 0.05) is 25.6 Å². The van der Waals surface area contributed by atoms with Crippen LogP contribution in [0.25, 0.3) is 0 Å². The monoisotopic (exact) mass is 266 g/mol. The fourth-order valence-electron chi connectivity index (χ4n) is 3.59. The molecule has 1 heterocycles. The SMILES string of the molecule is CCCN(C(=O)CC1CCCCCC1)C1CCNC1. The normalized spacial score (nSPS) is 25.2. The summed E-state index contributed by atoms with van der Waals surface area (Å²) in [5.41, 5.74) is 0. The van der Waals surface area contributed by atoms with Crippen molar-refractivity contribution in [3.8, 4) is 0 Å². The Balaban J connectivity index is 1.86. The molecule has 3 heteroatoms. The number of nitrogens with zero attached hydrogens (tertiary/aromatic N) is 1. The van der Waals surface area contributed by atoms with Crippen molar-refractivity contribution in [2.24, 2.45) is 5.92 Å². The van der Waals surface area contributed by atoms with Crippen molar-refractivity contribution in [1.29, 1.82) is 0 Å². The summed E-state index contributed by atoms with van der Waals surface area (Å²) in [4.78, 5) is 14.8. The van der Waals surface area contributed by atoms with Gasteiger partial charge in [-0.15, -0.1) is 0 Å². The highest BCUT2D eigenvalue weighted by molar-refractivity contribution is 5.76. The summed E-state index contributed by atoms with van der Waals surface area (Å²) in [6.07, 6.45) is 11.0. The van der Waals surface area contributed by atoms with E-state index in [4.69, 9.17) is 0 Å². The summed E-state index contributed by atoms with van der Waals surface area (Å²) < 4.78 is 0. The van der Waals surface area contributed by atoms with Crippen LogP contribution < -0.4 is 5.32 Å². The molecule has 0 spiro atoms. The largest absolute Gasteiger partial charge is 0.338 e. The molecule has 1 amide bonds. The second-order valence-corrected chi connectivity index (χ2v) is 6.30. The van der Waals surface area contributed by atoms with Crippen molar-refractivity contribution in [1.82, 2.24) is 10.2 Å². The number of carbonyl (C=O) groups excluding carboxylic acids is 1. The summed E-state index contributed by atoms with van der Waals surface area (Å²) in [6, 6.07) is 0.457. The van der Waals surface area contributed by atoms with Gasteiger partial charge in [0.1, 0.15) is 0 Å². The van der Waals surface area contributed by atoms with Gasteiger partial charge >= 0.3 is 0 Å². The highest BCUT2D eigenvalue weighted by Crippen LogP contribution is 2.26. The van der Waals surface area contributed by atoms with E-state index in [2.05, 4.69) is 17.1 Å². The quantitative estimate of drug-likeness (QED) is 0.776. The van der Waals surface area contributed by atoms with Gasteiger partial charge in [-0.05, 0) is 38.1 Å². The van der Waals surface area contributed by atoms with Crippen LogP contribution in [0.2, 0.25) is 0 Å². The van der Waals surface area contributed by atoms with Crippen molar-refractivity contribution < 1.29 is 4.79 Å². The van der Waals surface area contributed by atoms with Crippen molar-refractivity contribution in [2.75, 3.05) is 19.6 Å². The Kier molecular flexibility index (Phi) is 6.15. The van der Waals surface area contributed by atoms with E-state index in [1.807, 2.05) is 0 Å². The smallest absolute Gasteiger partial charge is 0.223 e. The van der Waals surface area contributed by atoms with Crippen LogP contribution >= 0.6 is 0 Å². The molecule has 1 aliphatic carbocycles. The average Bonchev–Trinajstić information content (AvgIpc) is 2.81. The van der Waals surface area contributed by atoms with Crippen molar-refractivity contribution in [3.05, 3.63) is 0 Å². The number of carbonyl (C=O) groups is 1. The Hall–Kier alpha value is -0.570. The molecule has 2 fully saturated rings. The minimum atomic E-state index is 0.419. The van der Waals surface area contributed by atoms with Gasteiger partial charge in [-0.1, -0.05) is 32.6 Å². The molecular weight excluding hydrogens is 236 g/mol. The molecule has 0 aromatic heterocycles. The van der Waals surface area contributed by atoms with Gasteiger partial charge in [-0.3, -0.25) is 4.79 Å². The molecule has 1 N–H and O–H groups in total. The first-order chi connectivity index (χ1) is 9.31. The molecule has 19 heavy (non-hydrogen) atoms. The van der Waals surface area contributed by atoms with E-state index < -0.39 is 0 Å². The Morgan fingerprint density at radius 2 is 1.89 bits per heavy atom. The molecule has 1 saturated carbocycles. The maximum atomic E-state index is 12.6. The Morgan fingerprint density at radius 3 is 2.47 bits per heavy atom. The molecule has 0 aromatic rings. The molecular formula is C16H30N2O. The molecule has 3 nitrogen and oxygen atoms in total. The standard InChI is InChI=1S/C16H30N2O/c1-2-11-18(15-9-10-17-13-15)16(19)12-14-7-5-3-4-6-8-14/h14-15,17H,2-13H2,1H3. The second kappa shape index (κ2) is 7.88. The number of hydrogen-bond donors (Lipinski definition) is 1. The fraction of sp³-hybridized carbons (Fsp3) is 0.938. The van der Waals surface area contributed by atoms with Crippen LogP contribution in [0, 0.1) is 5.92 Å². The summed E-state index contributed by atoms with van der Waals surface area (Å²) in [6.45, 7) is 5.18. The molecule has 1 atom stereocenters. The van der Waals surface area contributed by atoms with Gasteiger partial charge in [0.25, 0.3) is 0 Å². The van der Waals surface area contributed by atoms with E-state index in [-0.39, 0.29) is 0 Å². The Morgan fingerprint density at radius 1 is 1.16 bits per heavy atom. The molecule has 2 rings (SSSR count). The van der Waals surface area contributed by atoms with E-state index in [9.17, 15) is 4.79 Å². The topological polar surface area (TPSA) is 32.3 Å². The number of hydrogen-bond acceptors (Lipinski definition) is 2. The second-order valence-electron chi connectivity index (χ2n) is 6.30. The first kappa shape index (κ1) is 14.8. The lowest BCUT2D eigenvalue weighted by Crippen LogP contribution is -2.42. The zero-order valence-electron chi connectivity index (χ0n) is 12.5. The Bertz CT molecular complexity index is 266. The average molecular weight is 266 g/mol. The zero-order valence-corrected chi connectivity index (χ0v) is 12.5. The summed E-state index contributed by atoms with van der Waals surface area (Å²) in [7, 11) is 0. The molecule has 0 radical (unpaired) electrons. The molecule has 1 unspecified atom stereocenters. The van der Waals surface area contributed by atoms with Crippen LogP contribution in [-0.2, 0) is 4.79 Å². The van der Waals surface area contributed by atoms with E-state index >= 15 is 0 Å². The summed E-state index contributed by atoms with van der Waals surface area (Å²) in [5, 5.41) is 3.39. The van der Waals surface area contributed by atoms with Gasteiger partial charge in [0.2, 0.25) is 5.91 Å². The van der Waals surface area contributed by atoms with E-state index in [0.717, 1.165) is 38.9 Å². The molecule has 1 saturated heterocycles. The van der Waals surface area contributed by atoms with Crippen molar-refractivity contribution in [3.63, 3.8) is 0 Å². The fourth-order valence-corrected chi connectivity index (χ4v) is 3.59. The van der Waals surface area contributed by atoms with Crippen LogP contribution in [0.15, 0.2) is 0 Å². The van der Waals surface area contributed by atoms with Crippen LogP contribution in [-0.4, -0.2) is 36.5 Å². The minimum absolute atomic E-state index is 0.419. The van der Waals surface area contributed by atoms with Crippen LogP contribution in [0.1, 0.15) is 64.7 Å². The minimum Gasteiger partial charge on any atom is -0.338 e. The maximum Gasteiger partial charge on any atom is 0.223 e. The molecule has 0 aromatic carbocycles. The third-order valence-corrected chi connectivity index (χ3v) is 4.70. The third kappa shape index (κ3) is 4.48. The molecule has 110 valence electrons. The predicted octanol–water partition coefficient (Wildman–Crippen LogP) is 2.95. The lowest BCUT2D eigenvalue weighted by atomic mass is 9.95. The van der Waals surface area contributed by atoms with Crippen molar-refractivity contribution in [2.45, 2.75) is 70.8 Å². The lowest BCUT2D eigenvalue weighted by Gasteiger charge is -2.29. The predicted molar refractivity (Wildman–Crippen MR) is 79.1 cm³/mol. The highest BCUT2D eigenvalue weighted by Gasteiger charge is 2.27. The van der Waals surface area contributed by atoms with E-state index in [1.54, 1.807) is 0 Å². The van der Waals surface area contributed by atoms with Gasteiger partial charge in [0.05, 0.1) is 0 Å². The number of nitrogens with one attached hydrogen (secondary N) is 1. The van der Waals surface area contributed by atoms with E-state index in [1.165, 1.54) is 38.5 Å². The molecule has 2 aliphatic rings. The summed E-state index contributed by atoms with van der Waals surface area (Å²) in [5.74, 6) is 1.08. The summed E-state index contributed by atoms with van der Waals surface area (Å²) >= 11 is 0. The first-order valence-corrected chi connectivity index (χ1v) is 8.31. The first-order valence-electron chi connectivity index (χ1n) is 8.31. The zero-order chi connectivity index (χ0) is 13.5. The molecule has 1 aliphatic heterocycles. The number of rotatable bonds is 5. The van der Waals surface area contributed by atoms with Gasteiger partial charge in [-0.25, -0.2) is 0 Å². The Labute approximate surface area is 118 Å². The highest BCUT2D eigenvalue weighted by atomic mass is 16.2. The third-order valence-electron chi connectivity index (χ3n) is 4.70. The number of amides is 1. The molecule has 0 bridgehead atoms. The van der Waals surface area contributed by atoms with Crippen LogP contribution in [0.3, 0.4) is 0 Å².